The normalized spacial score (nSPS) is 11.8. The van der Waals surface area contributed by atoms with Gasteiger partial charge in [-0.15, -0.1) is 0 Å². The molecule has 1 radical (unpaired) electrons. The largest absolute Gasteiger partial charge is 0.480 e. The zero-order chi connectivity index (χ0) is 16.5. The van der Waals surface area contributed by atoms with E-state index in [1.807, 2.05) is 0 Å². The van der Waals surface area contributed by atoms with Crippen molar-refractivity contribution in [3.8, 4) is 0 Å². The van der Waals surface area contributed by atoms with E-state index in [0.717, 1.165) is 11.4 Å². The first-order valence-corrected chi connectivity index (χ1v) is 6.31. The molecule has 0 aliphatic rings. The number of carbonyl (C=O) groups is 2. The Bertz CT molecular complexity index is 525. The average molecular weight is 392 g/mol. The predicted molar refractivity (Wildman–Crippen MR) is 79.4 cm³/mol. The molecule has 10 N–H and O–H groups in total. The molecule has 24 heavy (non-hydrogen) atoms. The fourth-order valence-corrected chi connectivity index (χ4v) is 1.44. The summed E-state index contributed by atoms with van der Waals surface area (Å²) in [5.74, 6) is -2.00. The number of carboxylic acid groups (broad SMARTS) is 2. The van der Waals surface area contributed by atoms with Crippen LogP contribution in [0.25, 0.3) is 0 Å². The number of aromatic nitrogens is 4. The van der Waals surface area contributed by atoms with E-state index in [1.54, 1.807) is 12.4 Å². The number of H-pyrrole nitrogens is 2. The molecule has 0 saturated carbocycles. The summed E-state index contributed by atoms with van der Waals surface area (Å²) in [6, 6.07) is -1.70. The summed E-state index contributed by atoms with van der Waals surface area (Å²) in [5.41, 5.74) is 12.0. The Labute approximate surface area is 147 Å². The van der Waals surface area contributed by atoms with E-state index in [1.165, 1.54) is 12.7 Å². The van der Waals surface area contributed by atoms with Crippen molar-refractivity contribution < 1.29 is 42.3 Å². The second kappa shape index (κ2) is 12.2. The summed E-state index contributed by atoms with van der Waals surface area (Å²) < 4.78 is 0. The van der Waals surface area contributed by atoms with Crippen molar-refractivity contribution in [1.29, 1.82) is 0 Å². The molecule has 12 heteroatoms. The van der Waals surface area contributed by atoms with Gasteiger partial charge in [0, 0.05) is 53.7 Å². The molecule has 0 aliphatic heterocycles. The van der Waals surface area contributed by atoms with Crippen molar-refractivity contribution in [2.45, 2.75) is 24.9 Å². The van der Waals surface area contributed by atoms with Crippen LogP contribution in [0.15, 0.2) is 25.0 Å². The van der Waals surface area contributed by atoms with Crippen molar-refractivity contribution in [2.75, 3.05) is 0 Å². The minimum atomic E-state index is -1.00. The van der Waals surface area contributed by atoms with Crippen molar-refractivity contribution in [3.05, 3.63) is 36.4 Å². The van der Waals surface area contributed by atoms with E-state index in [0.29, 0.717) is 0 Å². The van der Waals surface area contributed by atoms with Crippen LogP contribution in [0.4, 0.5) is 0 Å². The Morgan fingerprint density at radius 3 is 1.50 bits per heavy atom. The number of carboxylic acids is 2. The molecule has 2 aromatic heterocycles. The molecular formula is C12H20CuN6O5. The Morgan fingerprint density at radius 1 is 0.958 bits per heavy atom. The summed E-state index contributed by atoms with van der Waals surface area (Å²) in [4.78, 5) is 33.5. The van der Waals surface area contributed by atoms with Gasteiger partial charge < -0.3 is 37.1 Å². The molecule has 0 aliphatic carbocycles. The van der Waals surface area contributed by atoms with E-state index in [4.69, 9.17) is 21.7 Å². The van der Waals surface area contributed by atoms with Gasteiger partial charge in [0.2, 0.25) is 0 Å². The Balaban J connectivity index is 0. The second-order valence-corrected chi connectivity index (χ2v) is 4.45. The van der Waals surface area contributed by atoms with Gasteiger partial charge in [-0.1, -0.05) is 0 Å². The average Bonchev–Trinajstić information content (AvgIpc) is 3.12. The molecule has 2 atom stereocenters. The van der Waals surface area contributed by atoms with Crippen LogP contribution in [0.3, 0.4) is 0 Å². The number of hydrogen-bond donors (Lipinski definition) is 6. The zero-order valence-corrected chi connectivity index (χ0v) is 13.4. The molecule has 0 unspecified atom stereocenters. The maximum Gasteiger partial charge on any atom is 0.320 e. The Hall–Kier alpha value is -2.24. The van der Waals surface area contributed by atoms with E-state index in [-0.39, 0.29) is 35.4 Å². The van der Waals surface area contributed by atoms with Crippen LogP contribution in [0, 0.1) is 0 Å². The first-order chi connectivity index (χ1) is 10.4. The van der Waals surface area contributed by atoms with Crippen LogP contribution in [0.1, 0.15) is 11.4 Å². The molecule has 0 aromatic carbocycles. The Kier molecular flexibility index (Phi) is 12.2. The number of hydrogen-bond acceptors (Lipinski definition) is 6. The van der Waals surface area contributed by atoms with Crippen LogP contribution >= 0.6 is 0 Å². The molecule has 0 spiro atoms. The van der Waals surface area contributed by atoms with Crippen molar-refractivity contribution in [1.82, 2.24) is 19.9 Å². The monoisotopic (exact) mass is 391 g/mol. The van der Waals surface area contributed by atoms with Crippen molar-refractivity contribution in [2.24, 2.45) is 11.5 Å². The maximum absolute atomic E-state index is 10.3. The van der Waals surface area contributed by atoms with Gasteiger partial charge in [-0.05, 0) is 0 Å². The summed E-state index contributed by atoms with van der Waals surface area (Å²) in [6.07, 6.45) is 6.67. The third kappa shape index (κ3) is 9.02. The van der Waals surface area contributed by atoms with Crippen LogP contribution < -0.4 is 11.5 Å². The third-order valence-electron chi connectivity index (χ3n) is 2.62. The number of aromatic amines is 2. The topological polar surface area (TPSA) is 215 Å². The molecule has 2 aromatic rings. The summed E-state index contributed by atoms with van der Waals surface area (Å²) in [6.45, 7) is 0. The fraction of sp³-hybridized carbons (Fsp3) is 0.333. The van der Waals surface area contributed by atoms with Gasteiger partial charge in [0.25, 0.3) is 0 Å². The molecular weight excluding hydrogens is 372 g/mol. The smallest absolute Gasteiger partial charge is 0.320 e. The van der Waals surface area contributed by atoms with Gasteiger partial charge in [-0.3, -0.25) is 9.59 Å². The van der Waals surface area contributed by atoms with Gasteiger partial charge in [0.15, 0.2) is 0 Å². The van der Waals surface area contributed by atoms with Gasteiger partial charge >= 0.3 is 11.9 Å². The molecule has 139 valence electrons. The van der Waals surface area contributed by atoms with E-state index in [9.17, 15) is 9.59 Å². The third-order valence-corrected chi connectivity index (χ3v) is 2.62. The van der Waals surface area contributed by atoms with E-state index < -0.39 is 24.0 Å². The predicted octanol–water partition coefficient (Wildman–Crippen LogP) is -2.10. The molecule has 0 amide bonds. The SMILES string of the molecule is N[C@@H](Cc1cnc[nH]1)C(=O)O.N[C@@H](Cc1cnc[nH]1)C(=O)O.O.[Cu]. The molecule has 2 heterocycles. The molecule has 0 saturated heterocycles. The number of aliphatic carboxylic acids is 2. The van der Waals surface area contributed by atoms with Crippen LogP contribution in [-0.4, -0.2) is 59.6 Å². The van der Waals surface area contributed by atoms with Crippen LogP contribution in [0.2, 0.25) is 0 Å². The molecule has 0 fully saturated rings. The van der Waals surface area contributed by atoms with Gasteiger partial charge in [-0.2, -0.15) is 0 Å². The minimum absolute atomic E-state index is 0. The van der Waals surface area contributed by atoms with Gasteiger partial charge in [0.1, 0.15) is 12.1 Å². The summed E-state index contributed by atoms with van der Waals surface area (Å²) in [5, 5.41) is 16.8. The number of imidazole rings is 2. The zero-order valence-electron chi connectivity index (χ0n) is 12.4. The molecule has 2 rings (SSSR count). The first-order valence-electron chi connectivity index (χ1n) is 6.31. The maximum atomic E-state index is 10.3. The quantitative estimate of drug-likeness (QED) is 0.299. The molecule has 0 bridgehead atoms. The Morgan fingerprint density at radius 2 is 1.29 bits per heavy atom. The number of nitrogens with zero attached hydrogens (tertiary/aromatic N) is 2. The van der Waals surface area contributed by atoms with E-state index in [2.05, 4.69) is 19.9 Å². The standard InChI is InChI=1S/2C6H9N3O2.Cu.H2O/c2*7-5(6(10)11)1-4-2-8-3-9-4;;/h2*2-3,5H,1,7H2,(H,8,9)(H,10,11);;1H2/t2*5-;;/m00../s1. The van der Waals surface area contributed by atoms with Crippen molar-refractivity contribution in [3.63, 3.8) is 0 Å². The minimum Gasteiger partial charge on any atom is -0.480 e. The second-order valence-electron chi connectivity index (χ2n) is 4.45. The van der Waals surface area contributed by atoms with Crippen LogP contribution in [-0.2, 0) is 39.5 Å². The van der Waals surface area contributed by atoms with Crippen molar-refractivity contribution >= 4 is 11.9 Å². The van der Waals surface area contributed by atoms with Crippen LogP contribution in [0.5, 0.6) is 0 Å². The van der Waals surface area contributed by atoms with Gasteiger partial charge in [0.05, 0.1) is 12.7 Å². The fourth-order valence-electron chi connectivity index (χ4n) is 1.44. The molecule has 11 nitrogen and oxygen atoms in total. The summed E-state index contributed by atoms with van der Waals surface area (Å²) in [7, 11) is 0. The number of nitrogens with one attached hydrogen (secondary N) is 2. The van der Waals surface area contributed by atoms with E-state index >= 15 is 0 Å². The number of rotatable bonds is 6. The summed E-state index contributed by atoms with van der Waals surface area (Å²) >= 11 is 0. The van der Waals surface area contributed by atoms with Gasteiger partial charge in [-0.25, -0.2) is 9.97 Å². The number of nitrogens with two attached hydrogens (primary N) is 2. The first kappa shape index (κ1) is 24.0.